The number of aliphatic hydroxyl groups is 1. The van der Waals surface area contributed by atoms with Gasteiger partial charge in [0.1, 0.15) is 0 Å². The summed E-state index contributed by atoms with van der Waals surface area (Å²) >= 11 is 0. The minimum Gasteiger partial charge on any atom is -0.392 e. The number of carbonyl (C=O) groups is 2. The molecule has 0 amide bonds. The highest BCUT2D eigenvalue weighted by Gasteiger charge is 2.26. The SMILES string of the molecule is CC1=C(C)C(=O)C(CCCC/C=C/C/C=C/CO)=C(C)C1=O. The van der Waals surface area contributed by atoms with E-state index in [0.717, 1.165) is 25.7 Å². The van der Waals surface area contributed by atoms with Gasteiger partial charge < -0.3 is 5.11 Å². The summed E-state index contributed by atoms with van der Waals surface area (Å²) in [4.78, 5) is 24.3. The van der Waals surface area contributed by atoms with Crippen molar-refractivity contribution in [3.8, 4) is 0 Å². The molecule has 1 aliphatic carbocycles. The predicted molar refractivity (Wildman–Crippen MR) is 89.5 cm³/mol. The first-order valence-electron chi connectivity index (χ1n) is 7.88. The maximum absolute atomic E-state index is 12.2. The maximum Gasteiger partial charge on any atom is 0.185 e. The molecule has 0 heterocycles. The van der Waals surface area contributed by atoms with Gasteiger partial charge in [-0.3, -0.25) is 9.59 Å². The zero-order valence-corrected chi connectivity index (χ0v) is 13.8. The van der Waals surface area contributed by atoms with Crippen LogP contribution in [0.4, 0.5) is 0 Å². The first-order valence-corrected chi connectivity index (χ1v) is 7.88. The number of rotatable bonds is 8. The number of ketones is 2. The molecule has 0 spiro atoms. The van der Waals surface area contributed by atoms with Crippen molar-refractivity contribution in [1.29, 1.82) is 0 Å². The normalized spacial score (nSPS) is 16.7. The Morgan fingerprint density at radius 2 is 1.45 bits per heavy atom. The Labute approximate surface area is 133 Å². The summed E-state index contributed by atoms with van der Waals surface area (Å²) in [5.74, 6) is 0.0574. The van der Waals surface area contributed by atoms with Crippen molar-refractivity contribution in [2.75, 3.05) is 6.61 Å². The van der Waals surface area contributed by atoms with E-state index < -0.39 is 0 Å². The third-order valence-electron chi connectivity index (χ3n) is 4.07. The van der Waals surface area contributed by atoms with Crippen LogP contribution in [0.2, 0.25) is 0 Å². The van der Waals surface area contributed by atoms with E-state index in [1.165, 1.54) is 0 Å². The Bertz CT molecular complexity index is 545. The molecule has 0 aromatic carbocycles. The number of hydrogen-bond donors (Lipinski definition) is 1. The molecule has 0 bridgehead atoms. The van der Waals surface area contributed by atoms with Gasteiger partial charge in [-0.25, -0.2) is 0 Å². The zero-order valence-electron chi connectivity index (χ0n) is 13.8. The molecule has 3 heteroatoms. The van der Waals surface area contributed by atoms with Gasteiger partial charge in [-0.1, -0.05) is 24.3 Å². The van der Waals surface area contributed by atoms with Gasteiger partial charge in [0.25, 0.3) is 0 Å². The van der Waals surface area contributed by atoms with Crippen LogP contribution >= 0.6 is 0 Å². The highest BCUT2D eigenvalue weighted by Crippen LogP contribution is 2.27. The zero-order chi connectivity index (χ0) is 16.5. The highest BCUT2D eigenvalue weighted by atomic mass is 16.2. The molecule has 0 saturated carbocycles. The van der Waals surface area contributed by atoms with Crippen LogP contribution in [0.25, 0.3) is 0 Å². The minimum atomic E-state index is 0.0164. The molecule has 3 nitrogen and oxygen atoms in total. The van der Waals surface area contributed by atoms with Crippen LogP contribution in [0.1, 0.15) is 52.9 Å². The molecule has 0 saturated heterocycles. The van der Waals surface area contributed by atoms with Crippen molar-refractivity contribution in [1.82, 2.24) is 0 Å². The van der Waals surface area contributed by atoms with E-state index in [2.05, 4.69) is 12.2 Å². The number of hydrogen-bond acceptors (Lipinski definition) is 3. The lowest BCUT2D eigenvalue weighted by molar-refractivity contribution is -0.116. The third-order valence-corrected chi connectivity index (χ3v) is 4.07. The van der Waals surface area contributed by atoms with E-state index in [0.29, 0.717) is 28.7 Å². The van der Waals surface area contributed by atoms with Gasteiger partial charge in [-0.15, -0.1) is 0 Å². The second-order valence-corrected chi connectivity index (χ2v) is 5.62. The van der Waals surface area contributed by atoms with Crippen LogP contribution in [-0.2, 0) is 9.59 Å². The van der Waals surface area contributed by atoms with Crippen LogP contribution in [0, 0.1) is 0 Å². The summed E-state index contributed by atoms with van der Waals surface area (Å²) in [6.07, 6.45) is 12.2. The lowest BCUT2D eigenvalue weighted by Crippen LogP contribution is -2.20. The van der Waals surface area contributed by atoms with E-state index in [1.807, 2.05) is 6.08 Å². The van der Waals surface area contributed by atoms with E-state index in [-0.39, 0.29) is 18.2 Å². The van der Waals surface area contributed by atoms with Crippen molar-refractivity contribution in [3.05, 3.63) is 46.6 Å². The Morgan fingerprint density at radius 3 is 2.14 bits per heavy atom. The number of unbranched alkanes of at least 4 members (excludes halogenated alkanes) is 2. The van der Waals surface area contributed by atoms with Gasteiger partial charge in [0.15, 0.2) is 11.6 Å². The molecule has 0 aliphatic heterocycles. The standard InChI is InChI=1S/C19H26O3/c1-14-15(2)19(22)17(16(3)18(14)21)12-10-8-6-4-5-7-9-11-13-20/h4-5,9,11,20H,6-8,10,12-13H2,1-3H3/b5-4+,11-9+. The first-order chi connectivity index (χ1) is 10.5. The Balaban J connectivity index is 2.41. The quantitative estimate of drug-likeness (QED) is 0.421. The van der Waals surface area contributed by atoms with Gasteiger partial charge in [-0.05, 0) is 52.9 Å². The Kier molecular flexibility index (Phi) is 7.75. The molecule has 0 atom stereocenters. The van der Waals surface area contributed by atoms with Crippen molar-refractivity contribution < 1.29 is 14.7 Å². The highest BCUT2D eigenvalue weighted by molar-refractivity contribution is 6.24. The topological polar surface area (TPSA) is 54.4 Å². The van der Waals surface area contributed by atoms with Gasteiger partial charge in [0, 0.05) is 22.3 Å². The Morgan fingerprint density at radius 1 is 0.818 bits per heavy atom. The summed E-state index contributed by atoms with van der Waals surface area (Å²) in [6, 6.07) is 0. The maximum atomic E-state index is 12.2. The van der Waals surface area contributed by atoms with Crippen molar-refractivity contribution in [2.45, 2.75) is 52.9 Å². The van der Waals surface area contributed by atoms with Gasteiger partial charge in [-0.2, -0.15) is 0 Å². The number of carbonyl (C=O) groups excluding carboxylic acids is 2. The van der Waals surface area contributed by atoms with Crippen LogP contribution in [0.5, 0.6) is 0 Å². The van der Waals surface area contributed by atoms with Crippen LogP contribution in [-0.4, -0.2) is 23.3 Å². The Hall–Kier alpha value is -1.74. The molecular formula is C19H26O3. The molecule has 1 N–H and O–H groups in total. The fourth-order valence-electron chi connectivity index (χ4n) is 2.48. The summed E-state index contributed by atoms with van der Waals surface area (Å²) in [7, 11) is 0. The van der Waals surface area contributed by atoms with Crippen LogP contribution in [0.3, 0.4) is 0 Å². The molecule has 0 unspecified atom stereocenters. The predicted octanol–water partition coefficient (Wildman–Crippen LogP) is 3.85. The van der Waals surface area contributed by atoms with E-state index in [9.17, 15) is 9.59 Å². The fourth-order valence-corrected chi connectivity index (χ4v) is 2.48. The largest absolute Gasteiger partial charge is 0.392 e. The number of allylic oxidation sites excluding steroid dienone is 7. The summed E-state index contributed by atoms with van der Waals surface area (Å²) in [5.41, 5.74) is 2.51. The van der Waals surface area contributed by atoms with E-state index in [1.54, 1.807) is 26.8 Å². The fraction of sp³-hybridized carbons (Fsp3) is 0.474. The van der Waals surface area contributed by atoms with Crippen LogP contribution < -0.4 is 0 Å². The minimum absolute atomic E-state index is 0.0164. The molecule has 0 aromatic heterocycles. The molecular weight excluding hydrogens is 276 g/mol. The second-order valence-electron chi connectivity index (χ2n) is 5.62. The average Bonchev–Trinajstić information content (AvgIpc) is 2.52. The summed E-state index contributed by atoms with van der Waals surface area (Å²) in [5, 5.41) is 8.59. The van der Waals surface area contributed by atoms with Crippen molar-refractivity contribution in [2.24, 2.45) is 0 Å². The molecule has 120 valence electrons. The van der Waals surface area contributed by atoms with Gasteiger partial charge >= 0.3 is 0 Å². The lowest BCUT2D eigenvalue weighted by Gasteiger charge is -2.18. The molecule has 22 heavy (non-hydrogen) atoms. The van der Waals surface area contributed by atoms with Crippen molar-refractivity contribution >= 4 is 11.6 Å². The van der Waals surface area contributed by atoms with Gasteiger partial charge in [0.2, 0.25) is 0 Å². The van der Waals surface area contributed by atoms with Gasteiger partial charge in [0.05, 0.1) is 6.61 Å². The summed E-state index contributed by atoms with van der Waals surface area (Å²) in [6.45, 7) is 5.32. The average molecular weight is 302 g/mol. The molecule has 1 rings (SSSR count). The van der Waals surface area contributed by atoms with E-state index >= 15 is 0 Å². The molecule has 0 fully saturated rings. The van der Waals surface area contributed by atoms with Crippen LogP contribution in [0.15, 0.2) is 46.6 Å². The number of Topliss-reactive ketones (excluding diaryl/α,β-unsaturated/α-hetero) is 2. The smallest absolute Gasteiger partial charge is 0.185 e. The van der Waals surface area contributed by atoms with Crippen molar-refractivity contribution in [3.63, 3.8) is 0 Å². The third kappa shape index (κ3) is 4.92. The molecule has 0 radical (unpaired) electrons. The van der Waals surface area contributed by atoms with E-state index in [4.69, 9.17) is 5.11 Å². The second kappa shape index (κ2) is 9.31. The molecule has 1 aliphatic rings. The molecule has 0 aromatic rings. The number of aliphatic hydroxyl groups excluding tert-OH is 1. The monoisotopic (exact) mass is 302 g/mol. The first kappa shape index (κ1) is 18.3. The lowest BCUT2D eigenvalue weighted by atomic mass is 9.84. The summed E-state index contributed by atoms with van der Waals surface area (Å²) < 4.78 is 0.